The Balaban J connectivity index is 2.67. The molecule has 0 saturated heterocycles. The van der Waals surface area contributed by atoms with E-state index in [-0.39, 0.29) is 23.7 Å². The van der Waals surface area contributed by atoms with Crippen LogP contribution in [0.4, 0.5) is 8.78 Å². The monoisotopic (exact) mass is 331 g/mol. The van der Waals surface area contributed by atoms with Gasteiger partial charge in [-0.2, -0.15) is 0 Å². The molecule has 0 fully saturated rings. The Bertz CT molecular complexity index is 687. The molecule has 1 aliphatic carbocycles. The van der Waals surface area contributed by atoms with Gasteiger partial charge in [-0.1, -0.05) is 45.4 Å². The highest BCUT2D eigenvalue weighted by Crippen LogP contribution is 2.51. The van der Waals surface area contributed by atoms with Crippen LogP contribution in [-0.2, 0) is 0 Å². The number of allylic oxidation sites excluding steroid dienone is 6. The van der Waals surface area contributed by atoms with Crippen LogP contribution in [-0.4, -0.2) is 4.98 Å². The third-order valence-electron chi connectivity index (χ3n) is 5.50. The number of pyridine rings is 1. The van der Waals surface area contributed by atoms with Crippen LogP contribution < -0.4 is 0 Å². The smallest absolute Gasteiger partial charge is 0.131 e. The summed E-state index contributed by atoms with van der Waals surface area (Å²) < 4.78 is 29.0. The summed E-state index contributed by atoms with van der Waals surface area (Å²) in [5.41, 5.74) is 1.75. The van der Waals surface area contributed by atoms with E-state index in [1.54, 1.807) is 6.20 Å². The van der Waals surface area contributed by atoms with Gasteiger partial charge in [0.1, 0.15) is 11.7 Å². The lowest BCUT2D eigenvalue weighted by Crippen LogP contribution is -2.34. The van der Waals surface area contributed by atoms with Crippen LogP contribution in [0.2, 0.25) is 0 Å². The summed E-state index contributed by atoms with van der Waals surface area (Å²) in [6.45, 7) is 10.3. The summed E-state index contributed by atoms with van der Waals surface area (Å²) >= 11 is 0. The van der Waals surface area contributed by atoms with Crippen molar-refractivity contribution >= 4 is 5.57 Å². The molecule has 130 valence electrons. The van der Waals surface area contributed by atoms with Crippen molar-refractivity contribution in [1.82, 2.24) is 4.98 Å². The molecular formula is C21H27F2N. The fourth-order valence-electron chi connectivity index (χ4n) is 3.74. The van der Waals surface area contributed by atoms with Crippen LogP contribution in [0.5, 0.6) is 0 Å². The Labute approximate surface area is 144 Å². The number of halogens is 2. The molecule has 0 bridgehead atoms. The normalized spacial score (nSPS) is 22.5. The van der Waals surface area contributed by atoms with Gasteiger partial charge in [-0.25, -0.2) is 8.78 Å². The molecule has 0 spiro atoms. The lowest BCUT2D eigenvalue weighted by Gasteiger charge is -2.42. The highest BCUT2D eigenvalue weighted by atomic mass is 19.1. The molecule has 3 atom stereocenters. The standard InChI is InChI=1S/C21H27F2N/c1-6-10-21(5,15(4)7-2)17-12-16(22)13-18(23)19(17)20-14(3)9-8-11-24-20/h6,8-11,13,15,17H,7,12H2,1-5H3. The number of hydrogen-bond donors (Lipinski definition) is 0. The summed E-state index contributed by atoms with van der Waals surface area (Å²) in [6.07, 6.45) is 7.94. The molecule has 0 saturated carbocycles. The molecule has 0 radical (unpaired) electrons. The van der Waals surface area contributed by atoms with Gasteiger partial charge in [0.05, 0.1) is 5.69 Å². The van der Waals surface area contributed by atoms with Crippen molar-refractivity contribution < 1.29 is 8.78 Å². The van der Waals surface area contributed by atoms with Gasteiger partial charge in [0.25, 0.3) is 0 Å². The quantitative estimate of drug-likeness (QED) is 0.556. The van der Waals surface area contributed by atoms with Gasteiger partial charge in [-0.05, 0) is 36.8 Å². The average molecular weight is 331 g/mol. The van der Waals surface area contributed by atoms with E-state index in [1.807, 2.05) is 32.1 Å². The second-order valence-electron chi connectivity index (χ2n) is 6.95. The molecule has 0 amide bonds. The minimum Gasteiger partial charge on any atom is -0.256 e. The van der Waals surface area contributed by atoms with E-state index in [4.69, 9.17) is 0 Å². The Morgan fingerprint density at radius 3 is 2.71 bits per heavy atom. The number of rotatable bonds is 5. The van der Waals surface area contributed by atoms with Gasteiger partial charge in [-0.15, -0.1) is 0 Å². The third kappa shape index (κ3) is 3.35. The van der Waals surface area contributed by atoms with E-state index in [0.717, 1.165) is 18.1 Å². The second kappa shape index (κ2) is 7.42. The zero-order valence-corrected chi connectivity index (χ0v) is 15.2. The summed E-state index contributed by atoms with van der Waals surface area (Å²) in [5, 5.41) is 0. The Hall–Kier alpha value is -1.77. The van der Waals surface area contributed by atoms with Gasteiger partial charge in [-0.3, -0.25) is 4.98 Å². The maximum absolute atomic E-state index is 14.9. The first kappa shape index (κ1) is 18.6. The van der Waals surface area contributed by atoms with Crippen molar-refractivity contribution in [2.75, 3.05) is 0 Å². The predicted molar refractivity (Wildman–Crippen MR) is 96.7 cm³/mol. The molecule has 0 aromatic carbocycles. The van der Waals surface area contributed by atoms with Crippen molar-refractivity contribution in [3.05, 3.63) is 59.5 Å². The van der Waals surface area contributed by atoms with Crippen LogP contribution in [0.3, 0.4) is 0 Å². The van der Waals surface area contributed by atoms with E-state index >= 15 is 0 Å². The van der Waals surface area contributed by atoms with Crippen molar-refractivity contribution in [2.45, 2.75) is 47.5 Å². The zero-order valence-electron chi connectivity index (χ0n) is 15.2. The number of nitrogens with zero attached hydrogens (tertiary/aromatic N) is 1. The van der Waals surface area contributed by atoms with Crippen molar-refractivity contribution in [3.63, 3.8) is 0 Å². The van der Waals surface area contributed by atoms with Gasteiger partial charge >= 0.3 is 0 Å². The summed E-state index contributed by atoms with van der Waals surface area (Å²) in [6, 6.07) is 3.76. The molecule has 3 heteroatoms. The number of aromatic nitrogens is 1. The highest BCUT2D eigenvalue weighted by Gasteiger charge is 2.42. The molecule has 1 heterocycles. The molecule has 2 rings (SSSR count). The van der Waals surface area contributed by atoms with Crippen LogP contribution >= 0.6 is 0 Å². The van der Waals surface area contributed by atoms with Gasteiger partial charge in [0.2, 0.25) is 0 Å². The minimum absolute atomic E-state index is 0.212. The van der Waals surface area contributed by atoms with Gasteiger partial charge < -0.3 is 0 Å². The van der Waals surface area contributed by atoms with Crippen LogP contribution in [0.25, 0.3) is 5.57 Å². The Morgan fingerprint density at radius 1 is 1.42 bits per heavy atom. The first-order valence-corrected chi connectivity index (χ1v) is 8.66. The van der Waals surface area contributed by atoms with E-state index in [0.29, 0.717) is 11.3 Å². The van der Waals surface area contributed by atoms with Crippen molar-refractivity contribution in [2.24, 2.45) is 17.3 Å². The first-order chi connectivity index (χ1) is 11.3. The summed E-state index contributed by atoms with van der Waals surface area (Å²) in [4.78, 5) is 4.41. The second-order valence-corrected chi connectivity index (χ2v) is 6.95. The maximum Gasteiger partial charge on any atom is 0.131 e. The van der Waals surface area contributed by atoms with E-state index in [1.165, 1.54) is 0 Å². The predicted octanol–water partition coefficient (Wildman–Crippen LogP) is 6.57. The molecule has 3 unspecified atom stereocenters. The third-order valence-corrected chi connectivity index (χ3v) is 5.50. The van der Waals surface area contributed by atoms with E-state index in [9.17, 15) is 8.78 Å². The minimum atomic E-state index is -0.496. The molecule has 1 aromatic rings. The zero-order chi connectivity index (χ0) is 17.9. The lowest BCUT2D eigenvalue weighted by atomic mass is 9.62. The molecule has 1 aliphatic rings. The fourth-order valence-corrected chi connectivity index (χ4v) is 3.74. The Morgan fingerprint density at radius 2 is 2.12 bits per heavy atom. The molecular weight excluding hydrogens is 304 g/mol. The van der Waals surface area contributed by atoms with Crippen molar-refractivity contribution in [1.29, 1.82) is 0 Å². The van der Waals surface area contributed by atoms with Crippen LogP contribution in [0, 0.1) is 24.2 Å². The van der Waals surface area contributed by atoms with Crippen molar-refractivity contribution in [3.8, 4) is 0 Å². The summed E-state index contributed by atoms with van der Waals surface area (Å²) in [5.74, 6) is -0.878. The lowest BCUT2D eigenvalue weighted by molar-refractivity contribution is 0.190. The topological polar surface area (TPSA) is 12.9 Å². The van der Waals surface area contributed by atoms with E-state index < -0.39 is 11.7 Å². The van der Waals surface area contributed by atoms with Gasteiger partial charge in [0.15, 0.2) is 0 Å². The molecule has 24 heavy (non-hydrogen) atoms. The molecule has 0 aliphatic heterocycles. The molecule has 1 aromatic heterocycles. The highest BCUT2D eigenvalue weighted by molar-refractivity contribution is 5.73. The number of aryl methyl sites for hydroxylation is 1. The fraction of sp³-hybridized carbons (Fsp3) is 0.476. The van der Waals surface area contributed by atoms with Crippen LogP contribution in [0.1, 0.15) is 51.8 Å². The number of hydrogen-bond acceptors (Lipinski definition) is 1. The largest absolute Gasteiger partial charge is 0.256 e. The van der Waals surface area contributed by atoms with Gasteiger partial charge in [0, 0.05) is 30.2 Å². The summed E-state index contributed by atoms with van der Waals surface area (Å²) in [7, 11) is 0. The average Bonchev–Trinajstić information content (AvgIpc) is 2.54. The maximum atomic E-state index is 14.9. The van der Waals surface area contributed by atoms with Crippen LogP contribution in [0.15, 0.2) is 48.2 Å². The van der Waals surface area contributed by atoms with E-state index in [2.05, 4.69) is 31.8 Å². The molecule has 1 nitrogen and oxygen atoms in total. The first-order valence-electron chi connectivity index (χ1n) is 8.66. The SMILES string of the molecule is CC=CC(C)(C(C)CC)C1CC(F)=CC(F)=C1c1ncccc1C. The molecule has 0 N–H and O–H groups in total. The Kier molecular flexibility index (Phi) is 5.74.